The molecule has 9 nitrogen and oxygen atoms in total. The fourth-order valence-corrected chi connectivity index (χ4v) is 4.97. The van der Waals surface area contributed by atoms with Crippen molar-refractivity contribution in [3.63, 3.8) is 0 Å². The Hall–Kier alpha value is -4.14. The van der Waals surface area contributed by atoms with Gasteiger partial charge in [0, 0.05) is 17.7 Å². The highest BCUT2D eigenvalue weighted by Crippen LogP contribution is 2.53. The topological polar surface area (TPSA) is 124 Å². The van der Waals surface area contributed by atoms with E-state index in [1.54, 1.807) is 0 Å². The number of nitro groups is 1. The SMILES string of the molecule is O=C(COC(=O)c1ccc(N2C(=O)[C@@H]3[C@@H](C2=O)[C@H]2C=C[C@H]3C2)cc1)c1ccc([N+](=O)[O-])cc1. The third kappa shape index (κ3) is 3.42. The number of hydrogen-bond acceptors (Lipinski definition) is 7. The number of carbonyl (C=O) groups excluding carboxylic acids is 4. The summed E-state index contributed by atoms with van der Waals surface area (Å²) in [7, 11) is 0. The number of benzene rings is 2. The fourth-order valence-electron chi connectivity index (χ4n) is 4.97. The lowest BCUT2D eigenvalue weighted by Crippen LogP contribution is -2.32. The number of non-ortho nitro benzene ring substituents is 1. The molecule has 1 saturated carbocycles. The summed E-state index contributed by atoms with van der Waals surface area (Å²) in [6.07, 6.45) is 4.90. The molecule has 0 unspecified atom stereocenters. The molecule has 1 heterocycles. The van der Waals surface area contributed by atoms with E-state index in [-0.39, 0.29) is 52.3 Å². The molecule has 2 amide bonds. The predicted molar refractivity (Wildman–Crippen MR) is 114 cm³/mol. The lowest BCUT2D eigenvalue weighted by atomic mass is 9.85. The highest BCUT2D eigenvalue weighted by molar-refractivity contribution is 6.22. The summed E-state index contributed by atoms with van der Waals surface area (Å²) in [5.74, 6) is -2.03. The molecule has 2 bridgehead atoms. The van der Waals surface area contributed by atoms with E-state index in [0.717, 1.165) is 6.42 Å². The molecule has 2 aliphatic carbocycles. The molecule has 1 saturated heterocycles. The molecule has 0 radical (unpaired) electrons. The van der Waals surface area contributed by atoms with Crippen LogP contribution in [0, 0.1) is 33.8 Å². The standard InChI is InChI=1S/C24H18N2O7/c27-19(13-3-9-18(10-4-13)26(31)32)12-33-24(30)14-5-7-17(8-6-14)25-22(28)20-15-1-2-16(11-15)21(20)23(25)29/h1-10,15-16,20-21H,11-12H2/t15-,16-,20-,21-/m0/s1. The molecule has 5 rings (SSSR count). The smallest absolute Gasteiger partial charge is 0.338 e. The van der Waals surface area contributed by atoms with Crippen LogP contribution in [0.1, 0.15) is 27.1 Å². The first kappa shape index (κ1) is 20.7. The van der Waals surface area contributed by atoms with Gasteiger partial charge in [0.2, 0.25) is 11.8 Å². The number of carbonyl (C=O) groups is 4. The molecule has 0 aromatic heterocycles. The first-order valence-electron chi connectivity index (χ1n) is 10.5. The average Bonchev–Trinajstić information content (AvgIpc) is 3.51. The van der Waals surface area contributed by atoms with E-state index >= 15 is 0 Å². The third-order valence-corrected chi connectivity index (χ3v) is 6.57. The number of hydrogen-bond donors (Lipinski definition) is 0. The van der Waals surface area contributed by atoms with Gasteiger partial charge in [-0.3, -0.25) is 29.4 Å². The molecule has 0 spiro atoms. The minimum absolute atomic E-state index is 0.115. The van der Waals surface area contributed by atoms with Crippen molar-refractivity contribution in [2.45, 2.75) is 6.42 Å². The van der Waals surface area contributed by atoms with Crippen LogP contribution in [0.4, 0.5) is 11.4 Å². The van der Waals surface area contributed by atoms with Crippen LogP contribution in [-0.4, -0.2) is 35.1 Å². The Balaban J connectivity index is 1.22. The van der Waals surface area contributed by atoms with E-state index in [1.807, 2.05) is 12.2 Å². The van der Waals surface area contributed by atoms with E-state index < -0.39 is 23.3 Å². The average molecular weight is 446 g/mol. The second-order valence-electron chi connectivity index (χ2n) is 8.36. The van der Waals surface area contributed by atoms with Crippen LogP contribution >= 0.6 is 0 Å². The largest absolute Gasteiger partial charge is 0.454 e. The Bertz CT molecular complexity index is 1190. The van der Waals surface area contributed by atoms with Gasteiger partial charge in [-0.1, -0.05) is 12.2 Å². The van der Waals surface area contributed by atoms with Crippen LogP contribution in [0.3, 0.4) is 0 Å². The number of ether oxygens (including phenoxy) is 1. The first-order chi connectivity index (χ1) is 15.8. The number of esters is 1. The first-order valence-corrected chi connectivity index (χ1v) is 10.5. The third-order valence-electron chi connectivity index (χ3n) is 6.57. The van der Waals surface area contributed by atoms with Crippen LogP contribution in [-0.2, 0) is 14.3 Å². The molecule has 3 aliphatic rings. The molecule has 1 aliphatic heterocycles. The maximum absolute atomic E-state index is 12.9. The van der Waals surface area contributed by atoms with Crippen molar-refractivity contribution in [2.24, 2.45) is 23.7 Å². The highest BCUT2D eigenvalue weighted by atomic mass is 16.6. The number of anilines is 1. The Morgan fingerprint density at radius 3 is 2.00 bits per heavy atom. The number of rotatable bonds is 6. The van der Waals surface area contributed by atoms with Gasteiger partial charge in [0.25, 0.3) is 5.69 Å². The number of imide groups is 1. The number of fused-ring (bicyclic) bond motifs is 5. The zero-order valence-electron chi connectivity index (χ0n) is 17.2. The highest BCUT2D eigenvalue weighted by Gasteiger charge is 2.59. The number of allylic oxidation sites excluding steroid dienone is 2. The monoisotopic (exact) mass is 446 g/mol. The van der Waals surface area contributed by atoms with Crippen molar-refractivity contribution < 1.29 is 28.8 Å². The van der Waals surface area contributed by atoms with Gasteiger partial charge < -0.3 is 4.74 Å². The van der Waals surface area contributed by atoms with Crippen molar-refractivity contribution in [1.29, 1.82) is 0 Å². The van der Waals surface area contributed by atoms with Gasteiger partial charge in [0.05, 0.1) is 28.0 Å². The van der Waals surface area contributed by atoms with Crippen molar-refractivity contribution in [3.05, 3.63) is 81.9 Å². The summed E-state index contributed by atoms with van der Waals surface area (Å²) in [5, 5.41) is 10.7. The van der Waals surface area contributed by atoms with Crippen LogP contribution in [0.5, 0.6) is 0 Å². The molecule has 4 atom stereocenters. The predicted octanol–water partition coefficient (Wildman–Crippen LogP) is 2.95. The maximum Gasteiger partial charge on any atom is 0.338 e. The second kappa shape index (κ2) is 7.77. The van der Waals surface area contributed by atoms with Crippen molar-refractivity contribution in [1.82, 2.24) is 0 Å². The molecule has 33 heavy (non-hydrogen) atoms. The number of Topliss-reactive ketones (excluding diaryl/α,β-unsaturated/α-hetero) is 1. The molecule has 2 aromatic carbocycles. The van der Waals surface area contributed by atoms with Crippen LogP contribution < -0.4 is 4.90 Å². The summed E-state index contributed by atoms with van der Waals surface area (Å²) in [5.41, 5.74) is 0.600. The van der Waals surface area contributed by atoms with Gasteiger partial charge in [-0.25, -0.2) is 4.79 Å². The fraction of sp³-hybridized carbons (Fsp3) is 0.250. The van der Waals surface area contributed by atoms with Gasteiger partial charge in [-0.05, 0) is 54.7 Å². The van der Waals surface area contributed by atoms with E-state index in [4.69, 9.17) is 4.74 Å². The molecular formula is C24H18N2O7. The quantitative estimate of drug-likeness (QED) is 0.167. The molecule has 2 aromatic rings. The Labute approximate surface area is 187 Å². The molecular weight excluding hydrogens is 428 g/mol. The lowest BCUT2D eigenvalue weighted by Gasteiger charge is -2.17. The number of nitro benzene ring substituents is 1. The minimum Gasteiger partial charge on any atom is -0.454 e. The molecule has 166 valence electrons. The van der Waals surface area contributed by atoms with E-state index in [9.17, 15) is 29.3 Å². The summed E-state index contributed by atoms with van der Waals surface area (Å²) in [6.45, 7) is -0.527. The minimum atomic E-state index is -0.741. The van der Waals surface area contributed by atoms with Gasteiger partial charge in [0.15, 0.2) is 12.4 Å². The van der Waals surface area contributed by atoms with Crippen LogP contribution in [0.15, 0.2) is 60.7 Å². The van der Waals surface area contributed by atoms with Gasteiger partial charge in [-0.15, -0.1) is 0 Å². The zero-order valence-corrected chi connectivity index (χ0v) is 17.2. The lowest BCUT2D eigenvalue weighted by molar-refractivity contribution is -0.384. The van der Waals surface area contributed by atoms with Crippen molar-refractivity contribution >= 4 is 34.9 Å². The molecule has 0 N–H and O–H groups in total. The summed E-state index contributed by atoms with van der Waals surface area (Å²) in [6, 6.07) is 10.9. The van der Waals surface area contributed by atoms with E-state index in [0.29, 0.717) is 5.69 Å². The number of nitrogens with zero attached hydrogens (tertiary/aromatic N) is 2. The maximum atomic E-state index is 12.9. The zero-order chi connectivity index (χ0) is 23.3. The van der Waals surface area contributed by atoms with Crippen LogP contribution in [0.2, 0.25) is 0 Å². The van der Waals surface area contributed by atoms with E-state index in [1.165, 1.54) is 53.4 Å². The second-order valence-corrected chi connectivity index (χ2v) is 8.36. The van der Waals surface area contributed by atoms with Crippen molar-refractivity contribution in [2.75, 3.05) is 11.5 Å². The Kier molecular flexibility index (Phi) is 4.88. The Morgan fingerprint density at radius 2 is 1.45 bits per heavy atom. The summed E-state index contributed by atoms with van der Waals surface area (Å²) < 4.78 is 5.05. The Morgan fingerprint density at radius 1 is 0.909 bits per heavy atom. The number of ketones is 1. The molecule has 2 fully saturated rings. The van der Waals surface area contributed by atoms with Crippen molar-refractivity contribution in [3.8, 4) is 0 Å². The normalized spacial score (nSPS) is 24.8. The van der Waals surface area contributed by atoms with Crippen LogP contribution in [0.25, 0.3) is 0 Å². The number of amides is 2. The van der Waals surface area contributed by atoms with Gasteiger partial charge >= 0.3 is 5.97 Å². The van der Waals surface area contributed by atoms with Gasteiger partial charge in [0.1, 0.15) is 0 Å². The summed E-state index contributed by atoms with van der Waals surface area (Å²) >= 11 is 0. The van der Waals surface area contributed by atoms with Gasteiger partial charge in [-0.2, -0.15) is 0 Å². The van der Waals surface area contributed by atoms with E-state index in [2.05, 4.69) is 0 Å². The molecule has 9 heteroatoms. The summed E-state index contributed by atoms with van der Waals surface area (Å²) in [4.78, 5) is 61.6.